The molecule has 1 aromatic rings. The maximum absolute atomic E-state index is 12.4. The SMILES string of the molecule is COC(=O)CN(C(=O)[C@@H](N)CC(C)C)c1ccccc1. The zero-order chi connectivity index (χ0) is 15.1. The van der Waals surface area contributed by atoms with Crippen LogP contribution in [0.5, 0.6) is 0 Å². The van der Waals surface area contributed by atoms with Crippen molar-refractivity contribution in [2.45, 2.75) is 26.3 Å². The van der Waals surface area contributed by atoms with E-state index in [1.165, 1.54) is 12.0 Å². The molecule has 0 unspecified atom stereocenters. The Hall–Kier alpha value is -1.88. The van der Waals surface area contributed by atoms with Gasteiger partial charge in [0.15, 0.2) is 0 Å². The van der Waals surface area contributed by atoms with E-state index in [2.05, 4.69) is 4.74 Å². The summed E-state index contributed by atoms with van der Waals surface area (Å²) < 4.78 is 4.64. The first-order chi connectivity index (χ1) is 9.45. The van der Waals surface area contributed by atoms with Crippen LogP contribution >= 0.6 is 0 Å². The van der Waals surface area contributed by atoms with Crippen LogP contribution in [0.4, 0.5) is 5.69 Å². The molecule has 5 heteroatoms. The van der Waals surface area contributed by atoms with Gasteiger partial charge in [0.05, 0.1) is 13.2 Å². The van der Waals surface area contributed by atoms with E-state index in [0.717, 1.165) is 0 Å². The molecular weight excluding hydrogens is 256 g/mol. The summed E-state index contributed by atoms with van der Waals surface area (Å²) in [5.41, 5.74) is 6.57. The lowest BCUT2D eigenvalue weighted by atomic mass is 10.0. The predicted octanol–water partition coefficient (Wildman–Crippen LogP) is 1.57. The summed E-state index contributed by atoms with van der Waals surface area (Å²) in [4.78, 5) is 25.3. The Morgan fingerprint density at radius 3 is 2.35 bits per heavy atom. The molecule has 1 atom stereocenters. The number of hydrogen-bond donors (Lipinski definition) is 1. The monoisotopic (exact) mass is 278 g/mol. The highest BCUT2D eigenvalue weighted by atomic mass is 16.5. The predicted molar refractivity (Wildman–Crippen MR) is 78.2 cm³/mol. The molecule has 110 valence electrons. The number of carbonyl (C=O) groups is 2. The smallest absolute Gasteiger partial charge is 0.325 e. The van der Waals surface area contributed by atoms with Gasteiger partial charge in [-0.1, -0.05) is 32.0 Å². The molecule has 0 aliphatic carbocycles. The lowest BCUT2D eigenvalue weighted by Crippen LogP contribution is -2.46. The number of ether oxygens (including phenoxy) is 1. The number of amides is 1. The second kappa shape index (κ2) is 7.65. The van der Waals surface area contributed by atoms with Crippen LogP contribution in [0.2, 0.25) is 0 Å². The topological polar surface area (TPSA) is 72.6 Å². The van der Waals surface area contributed by atoms with Crippen LogP contribution in [-0.2, 0) is 14.3 Å². The number of para-hydroxylation sites is 1. The average Bonchev–Trinajstić information content (AvgIpc) is 2.43. The highest BCUT2D eigenvalue weighted by molar-refractivity contribution is 6.00. The van der Waals surface area contributed by atoms with E-state index in [1.807, 2.05) is 19.9 Å². The highest BCUT2D eigenvalue weighted by Crippen LogP contribution is 2.16. The van der Waals surface area contributed by atoms with Gasteiger partial charge in [0.25, 0.3) is 0 Å². The normalized spacial score (nSPS) is 12.1. The summed E-state index contributed by atoms with van der Waals surface area (Å²) >= 11 is 0. The van der Waals surface area contributed by atoms with Crippen molar-refractivity contribution in [3.63, 3.8) is 0 Å². The Morgan fingerprint density at radius 1 is 1.25 bits per heavy atom. The molecule has 0 radical (unpaired) electrons. The van der Waals surface area contributed by atoms with Gasteiger partial charge in [-0.05, 0) is 24.5 Å². The van der Waals surface area contributed by atoms with Crippen LogP contribution in [-0.4, -0.2) is 31.6 Å². The third-order valence-corrected chi connectivity index (χ3v) is 2.89. The Kier molecular flexibility index (Phi) is 6.18. The van der Waals surface area contributed by atoms with Gasteiger partial charge in [-0.15, -0.1) is 0 Å². The number of methoxy groups -OCH3 is 1. The number of carbonyl (C=O) groups excluding carboxylic acids is 2. The van der Waals surface area contributed by atoms with E-state index in [0.29, 0.717) is 18.0 Å². The molecule has 20 heavy (non-hydrogen) atoms. The number of rotatable bonds is 6. The van der Waals surface area contributed by atoms with Crippen molar-refractivity contribution in [1.29, 1.82) is 0 Å². The summed E-state index contributed by atoms with van der Waals surface area (Å²) in [6.07, 6.45) is 0.573. The second-order valence-electron chi connectivity index (χ2n) is 5.07. The Morgan fingerprint density at radius 2 is 1.85 bits per heavy atom. The van der Waals surface area contributed by atoms with Crippen molar-refractivity contribution < 1.29 is 14.3 Å². The molecule has 0 aromatic heterocycles. The van der Waals surface area contributed by atoms with Gasteiger partial charge >= 0.3 is 5.97 Å². The van der Waals surface area contributed by atoms with Crippen molar-refractivity contribution in [2.75, 3.05) is 18.6 Å². The Balaban J connectivity index is 2.93. The number of anilines is 1. The van der Waals surface area contributed by atoms with Crippen LogP contribution in [0.1, 0.15) is 20.3 Å². The molecule has 1 aromatic carbocycles. The fraction of sp³-hybridized carbons (Fsp3) is 0.467. The summed E-state index contributed by atoms with van der Waals surface area (Å²) in [6.45, 7) is 3.87. The molecule has 0 bridgehead atoms. The van der Waals surface area contributed by atoms with Gasteiger partial charge in [0, 0.05) is 5.69 Å². The van der Waals surface area contributed by atoms with Crippen molar-refractivity contribution in [1.82, 2.24) is 0 Å². The zero-order valence-electron chi connectivity index (χ0n) is 12.2. The molecular formula is C15H22N2O3. The van der Waals surface area contributed by atoms with Crippen LogP contribution in [0, 0.1) is 5.92 Å². The molecule has 1 rings (SSSR count). The summed E-state index contributed by atoms with van der Waals surface area (Å²) in [7, 11) is 1.30. The Labute approximate surface area is 119 Å². The number of hydrogen-bond acceptors (Lipinski definition) is 4. The van der Waals surface area contributed by atoms with Gasteiger partial charge in [-0.3, -0.25) is 14.5 Å². The zero-order valence-corrected chi connectivity index (χ0v) is 12.2. The van der Waals surface area contributed by atoms with Crippen molar-refractivity contribution >= 4 is 17.6 Å². The molecule has 0 fully saturated rings. The van der Waals surface area contributed by atoms with Crippen LogP contribution in [0.15, 0.2) is 30.3 Å². The summed E-state index contributed by atoms with van der Waals surface area (Å²) in [5.74, 6) is -0.432. The first-order valence-corrected chi connectivity index (χ1v) is 6.64. The standard InChI is InChI=1S/C15H22N2O3/c1-11(2)9-13(16)15(19)17(10-14(18)20-3)12-7-5-4-6-8-12/h4-8,11,13H,9-10,16H2,1-3H3/t13-/m0/s1. The largest absolute Gasteiger partial charge is 0.468 e. The third kappa shape index (κ3) is 4.66. The molecule has 5 nitrogen and oxygen atoms in total. The first-order valence-electron chi connectivity index (χ1n) is 6.64. The number of nitrogens with two attached hydrogens (primary N) is 1. The number of benzene rings is 1. The maximum atomic E-state index is 12.4. The third-order valence-electron chi connectivity index (χ3n) is 2.89. The van der Waals surface area contributed by atoms with Crippen LogP contribution < -0.4 is 10.6 Å². The Bertz CT molecular complexity index is 446. The number of nitrogens with zero attached hydrogens (tertiary/aromatic N) is 1. The summed E-state index contributed by atoms with van der Waals surface area (Å²) in [6, 6.07) is 8.37. The van der Waals surface area contributed by atoms with Gasteiger partial charge in [-0.2, -0.15) is 0 Å². The molecule has 0 heterocycles. The molecule has 1 amide bonds. The van der Waals surface area contributed by atoms with Gasteiger partial charge in [0.1, 0.15) is 6.54 Å². The quantitative estimate of drug-likeness (QED) is 0.802. The second-order valence-corrected chi connectivity index (χ2v) is 5.07. The van der Waals surface area contributed by atoms with Crippen LogP contribution in [0.3, 0.4) is 0 Å². The highest BCUT2D eigenvalue weighted by Gasteiger charge is 2.25. The van der Waals surface area contributed by atoms with Gasteiger partial charge in [-0.25, -0.2) is 0 Å². The fourth-order valence-corrected chi connectivity index (χ4v) is 1.91. The molecule has 2 N–H and O–H groups in total. The van der Waals surface area contributed by atoms with Crippen molar-refractivity contribution in [3.8, 4) is 0 Å². The van der Waals surface area contributed by atoms with E-state index in [-0.39, 0.29) is 12.5 Å². The van der Waals surface area contributed by atoms with Gasteiger partial charge in [0.2, 0.25) is 5.91 Å². The minimum absolute atomic E-state index is 0.134. The van der Waals surface area contributed by atoms with E-state index in [9.17, 15) is 9.59 Å². The average molecular weight is 278 g/mol. The van der Waals surface area contributed by atoms with Crippen LogP contribution in [0.25, 0.3) is 0 Å². The van der Waals surface area contributed by atoms with E-state index in [4.69, 9.17) is 5.73 Å². The van der Waals surface area contributed by atoms with Crippen molar-refractivity contribution in [2.24, 2.45) is 11.7 Å². The van der Waals surface area contributed by atoms with E-state index < -0.39 is 12.0 Å². The van der Waals surface area contributed by atoms with Crippen molar-refractivity contribution in [3.05, 3.63) is 30.3 Å². The molecule has 0 aliphatic rings. The summed E-state index contributed by atoms with van der Waals surface area (Å²) in [5, 5.41) is 0. The minimum atomic E-state index is -0.625. The first kappa shape index (κ1) is 16.2. The lowest BCUT2D eigenvalue weighted by molar-refractivity contribution is -0.140. The van der Waals surface area contributed by atoms with E-state index in [1.54, 1.807) is 24.3 Å². The van der Waals surface area contributed by atoms with E-state index >= 15 is 0 Å². The molecule has 0 spiro atoms. The molecule has 0 saturated carbocycles. The van der Waals surface area contributed by atoms with Gasteiger partial charge < -0.3 is 10.5 Å². The minimum Gasteiger partial charge on any atom is -0.468 e. The fourth-order valence-electron chi connectivity index (χ4n) is 1.91. The lowest BCUT2D eigenvalue weighted by Gasteiger charge is -2.25. The maximum Gasteiger partial charge on any atom is 0.325 e. The molecule has 0 aliphatic heterocycles. The number of esters is 1. The molecule has 0 saturated heterocycles.